The van der Waals surface area contributed by atoms with Crippen molar-refractivity contribution in [1.29, 1.82) is 0 Å². The minimum atomic E-state index is 0.633. The first-order chi connectivity index (χ1) is 10.2. The molecule has 0 aromatic heterocycles. The molecule has 0 aliphatic carbocycles. The average Bonchev–Trinajstić information content (AvgIpc) is 2.48. The highest BCUT2D eigenvalue weighted by molar-refractivity contribution is 9.16. The largest absolute Gasteiger partial charge is 0.452 e. The highest BCUT2D eigenvalue weighted by Crippen LogP contribution is 2.52. The molecule has 0 atom stereocenters. The first-order valence-electron chi connectivity index (χ1n) is 5.19. The van der Waals surface area contributed by atoms with Gasteiger partial charge in [0, 0.05) is 13.4 Å². The van der Waals surface area contributed by atoms with Gasteiger partial charge in [-0.3, -0.25) is 0 Å². The maximum atomic E-state index is 6.15. The summed E-state index contributed by atoms with van der Waals surface area (Å²) in [5.74, 6) is 1.28. The van der Waals surface area contributed by atoms with Crippen molar-refractivity contribution in [2.45, 2.75) is 0 Å². The van der Waals surface area contributed by atoms with Crippen LogP contribution in [0, 0.1) is 0 Å². The topological polar surface area (TPSA) is 9.23 Å². The lowest BCUT2D eigenvalue weighted by Crippen LogP contribution is -1.93. The number of ether oxygens (including phenoxy) is 1. The fourth-order valence-corrected chi connectivity index (χ4v) is 6.77. The van der Waals surface area contributed by atoms with Crippen LogP contribution in [0.4, 0.5) is 0 Å². The lowest BCUT2D eigenvalue weighted by atomic mass is 10.3. The highest BCUT2D eigenvalue weighted by atomic mass is 79.9. The van der Waals surface area contributed by atoms with Crippen molar-refractivity contribution in [3.8, 4) is 11.5 Å². The van der Waals surface area contributed by atoms with Gasteiger partial charge in [-0.25, -0.2) is 0 Å². The van der Waals surface area contributed by atoms with Gasteiger partial charge in [-0.15, -0.1) is 0 Å². The molecule has 0 saturated heterocycles. The van der Waals surface area contributed by atoms with E-state index in [1.807, 2.05) is 6.07 Å². The van der Waals surface area contributed by atoms with E-state index in [2.05, 4.69) is 143 Å². The molecule has 0 radical (unpaired) electrons. The van der Waals surface area contributed by atoms with Crippen molar-refractivity contribution >= 4 is 143 Å². The van der Waals surface area contributed by atoms with E-state index in [0.717, 1.165) is 40.3 Å². The quantitative estimate of drug-likeness (QED) is 0.216. The van der Waals surface area contributed by atoms with Crippen LogP contribution in [-0.2, 0) is 0 Å². The number of halogens is 9. The zero-order valence-electron chi connectivity index (χ0n) is 9.89. The summed E-state index contributed by atoms with van der Waals surface area (Å²) in [5, 5.41) is 0. The van der Waals surface area contributed by atoms with Crippen molar-refractivity contribution < 1.29 is 4.74 Å². The van der Waals surface area contributed by atoms with Crippen molar-refractivity contribution in [3.05, 3.63) is 46.3 Å². The Labute approximate surface area is 202 Å². The Bertz CT molecular complexity index is 717. The molecular formula is C12HBr9O. The van der Waals surface area contributed by atoms with Crippen LogP contribution in [-0.4, -0.2) is 0 Å². The third-order valence-electron chi connectivity index (χ3n) is 2.45. The zero-order chi connectivity index (χ0) is 16.8. The first kappa shape index (κ1) is 20.9. The van der Waals surface area contributed by atoms with Gasteiger partial charge < -0.3 is 4.74 Å². The Balaban J connectivity index is 2.68. The first-order valence-corrected chi connectivity index (χ1v) is 12.3. The van der Waals surface area contributed by atoms with Crippen LogP contribution in [0.15, 0.2) is 46.3 Å². The second-order valence-corrected chi connectivity index (χ2v) is 11.1. The molecule has 22 heavy (non-hydrogen) atoms. The highest BCUT2D eigenvalue weighted by Gasteiger charge is 2.22. The number of rotatable bonds is 2. The van der Waals surface area contributed by atoms with E-state index in [9.17, 15) is 0 Å². The van der Waals surface area contributed by atoms with Gasteiger partial charge in [0.2, 0.25) is 0 Å². The van der Waals surface area contributed by atoms with E-state index in [1.165, 1.54) is 0 Å². The van der Waals surface area contributed by atoms with E-state index in [-0.39, 0.29) is 0 Å². The van der Waals surface area contributed by atoms with Crippen LogP contribution in [0.5, 0.6) is 11.5 Å². The molecule has 0 aliphatic heterocycles. The van der Waals surface area contributed by atoms with E-state index < -0.39 is 0 Å². The van der Waals surface area contributed by atoms with E-state index in [1.54, 1.807) is 0 Å². The Morgan fingerprint density at radius 1 is 0.455 bits per heavy atom. The van der Waals surface area contributed by atoms with Crippen molar-refractivity contribution in [1.82, 2.24) is 0 Å². The number of benzene rings is 2. The third kappa shape index (κ3) is 4.10. The summed E-state index contributed by atoms with van der Waals surface area (Å²) in [5.41, 5.74) is 0. The third-order valence-corrected chi connectivity index (χ3v) is 12.4. The molecule has 0 unspecified atom stereocenters. The molecule has 0 heterocycles. The summed E-state index contributed by atoms with van der Waals surface area (Å²) in [6, 6.07) is 1.93. The van der Waals surface area contributed by atoms with Crippen LogP contribution in [0.2, 0.25) is 0 Å². The molecule has 0 bridgehead atoms. The monoisotopic (exact) mass is 871 g/mol. The Kier molecular flexibility index (Phi) is 8.06. The molecule has 0 amide bonds. The minimum absolute atomic E-state index is 0.633. The molecule has 1 nitrogen and oxygen atoms in total. The average molecular weight is 880 g/mol. The Hall–Kier alpha value is 2.56. The maximum absolute atomic E-state index is 6.15. The van der Waals surface area contributed by atoms with Crippen LogP contribution in [0.25, 0.3) is 0 Å². The second kappa shape index (κ2) is 8.50. The molecule has 2 rings (SSSR count). The smallest absolute Gasteiger partial charge is 0.158 e. The van der Waals surface area contributed by atoms with Crippen LogP contribution >= 0.6 is 143 Å². The van der Waals surface area contributed by atoms with Gasteiger partial charge in [-0.05, 0) is 149 Å². The predicted octanol–water partition coefficient (Wildman–Crippen LogP) is 10.3. The molecule has 0 fully saturated rings. The van der Waals surface area contributed by atoms with E-state index >= 15 is 0 Å². The summed E-state index contributed by atoms with van der Waals surface area (Å²) in [6.07, 6.45) is 0. The molecule has 2 aromatic rings. The normalized spacial score (nSPS) is 11.0. The van der Waals surface area contributed by atoms with Gasteiger partial charge in [0.05, 0.1) is 26.8 Å². The molecule has 118 valence electrons. The van der Waals surface area contributed by atoms with E-state index in [4.69, 9.17) is 4.74 Å². The van der Waals surface area contributed by atoms with Gasteiger partial charge in [0.1, 0.15) is 0 Å². The minimum Gasteiger partial charge on any atom is -0.452 e. The molecule has 0 spiro atoms. The summed E-state index contributed by atoms with van der Waals surface area (Å²) in [6.45, 7) is 0. The summed E-state index contributed by atoms with van der Waals surface area (Å²) < 4.78 is 13.6. The SMILES string of the molecule is Brc1cc(Br)c(Br)c(Oc2c(Br)c(Br)c(Br)c(Br)c2Br)c1Br. The van der Waals surface area contributed by atoms with Gasteiger partial charge in [-0.1, -0.05) is 0 Å². The van der Waals surface area contributed by atoms with Crippen LogP contribution < -0.4 is 4.74 Å². The lowest BCUT2D eigenvalue weighted by molar-refractivity contribution is 0.468. The second-order valence-electron chi connectivity index (χ2n) is 3.80. The summed E-state index contributed by atoms with van der Waals surface area (Å²) in [4.78, 5) is 0. The lowest BCUT2D eigenvalue weighted by Gasteiger charge is -2.17. The van der Waals surface area contributed by atoms with E-state index in [0.29, 0.717) is 11.5 Å². The Morgan fingerprint density at radius 2 is 0.773 bits per heavy atom. The number of hydrogen-bond donors (Lipinski definition) is 0. The fourth-order valence-electron chi connectivity index (χ4n) is 1.42. The zero-order valence-corrected chi connectivity index (χ0v) is 24.2. The molecule has 0 N–H and O–H groups in total. The fraction of sp³-hybridized carbons (Fsp3) is 0. The van der Waals surface area contributed by atoms with Crippen molar-refractivity contribution in [2.24, 2.45) is 0 Å². The Morgan fingerprint density at radius 3 is 1.18 bits per heavy atom. The molecule has 0 aliphatic rings. The van der Waals surface area contributed by atoms with Gasteiger partial charge in [0.15, 0.2) is 11.5 Å². The van der Waals surface area contributed by atoms with Crippen molar-refractivity contribution in [2.75, 3.05) is 0 Å². The van der Waals surface area contributed by atoms with Gasteiger partial charge >= 0.3 is 0 Å². The summed E-state index contributed by atoms with van der Waals surface area (Å²) >= 11 is 31.7. The standard InChI is InChI=1S/C12HBr9O/c13-2-1-3(14)5(16)11(4(2)15)22-12-9(20)7(18)6(17)8(19)10(12)21/h1H. The molecular weight excluding hydrogens is 879 g/mol. The van der Waals surface area contributed by atoms with Gasteiger partial charge in [0.25, 0.3) is 0 Å². The van der Waals surface area contributed by atoms with Gasteiger partial charge in [-0.2, -0.15) is 0 Å². The maximum Gasteiger partial charge on any atom is 0.158 e. The van der Waals surface area contributed by atoms with Crippen LogP contribution in [0.1, 0.15) is 0 Å². The molecule has 2 aromatic carbocycles. The van der Waals surface area contributed by atoms with Crippen LogP contribution in [0.3, 0.4) is 0 Å². The molecule has 0 saturated carbocycles. The summed E-state index contributed by atoms with van der Waals surface area (Å²) in [7, 11) is 0. The molecule has 10 heteroatoms. The number of hydrogen-bond acceptors (Lipinski definition) is 1. The predicted molar refractivity (Wildman–Crippen MR) is 122 cm³/mol. The van der Waals surface area contributed by atoms with Crippen molar-refractivity contribution in [3.63, 3.8) is 0 Å².